The van der Waals surface area contributed by atoms with Crippen LogP contribution in [0, 0.1) is 0 Å². The van der Waals surface area contributed by atoms with E-state index in [4.69, 9.17) is 0 Å². The summed E-state index contributed by atoms with van der Waals surface area (Å²) in [5.74, 6) is 2.75. The highest BCUT2D eigenvalue weighted by molar-refractivity contribution is 8.00. The van der Waals surface area contributed by atoms with Crippen LogP contribution in [0.25, 0.3) is 0 Å². The Bertz CT molecular complexity index is 116. The molecule has 0 bridgehead atoms. The molecule has 0 aromatic heterocycles. The zero-order chi connectivity index (χ0) is 6.81. The van der Waals surface area contributed by atoms with Crippen LogP contribution in [0.4, 0.5) is 0 Å². The van der Waals surface area contributed by atoms with Gasteiger partial charge in [0.25, 0.3) is 0 Å². The van der Waals surface area contributed by atoms with Crippen molar-refractivity contribution in [2.75, 3.05) is 37.7 Å². The minimum Gasteiger partial charge on any atom is -0.314 e. The van der Waals surface area contributed by atoms with E-state index in [-0.39, 0.29) is 24.8 Å². The van der Waals surface area contributed by atoms with Crippen molar-refractivity contribution >= 4 is 36.6 Å². The van der Waals surface area contributed by atoms with Gasteiger partial charge in [-0.05, 0) is 0 Å². The highest BCUT2D eigenvalue weighted by atomic mass is 35.5. The van der Waals surface area contributed by atoms with Gasteiger partial charge in [0, 0.05) is 43.7 Å². The van der Waals surface area contributed by atoms with E-state index >= 15 is 0 Å². The predicted octanol–water partition coefficient (Wildman–Crippen LogP) is 0.851. The van der Waals surface area contributed by atoms with Gasteiger partial charge < -0.3 is 5.32 Å². The summed E-state index contributed by atoms with van der Waals surface area (Å²) >= 11 is 2.08. The average Bonchev–Trinajstić information content (AvgIpc) is 1.86. The molecule has 12 heavy (non-hydrogen) atoms. The Morgan fingerprint density at radius 1 is 1.08 bits per heavy atom. The molecule has 74 valence electrons. The third-order valence-corrected chi connectivity index (χ3v) is 3.53. The SMILES string of the molecule is C1CN(C2CSC2)CCN1.Cl.Cl. The lowest BCUT2D eigenvalue weighted by molar-refractivity contribution is 0.194. The van der Waals surface area contributed by atoms with Gasteiger partial charge in [-0.25, -0.2) is 0 Å². The summed E-state index contributed by atoms with van der Waals surface area (Å²) in [6, 6.07) is 0.923. The second kappa shape index (κ2) is 6.33. The lowest BCUT2D eigenvalue weighted by Crippen LogP contribution is -2.52. The monoisotopic (exact) mass is 230 g/mol. The minimum absolute atomic E-state index is 0. The zero-order valence-electron chi connectivity index (χ0n) is 6.99. The van der Waals surface area contributed by atoms with Crippen molar-refractivity contribution in [2.24, 2.45) is 0 Å². The third kappa shape index (κ3) is 2.96. The van der Waals surface area contributed by atoms with Crippen molar-refractivity contribution in [2.45, 2.75) is 6.04 Å². The van der Waals surface area contributed by atoms with E-state index in [9.17, 15) is 0 Å². The van der Waals surface area contributed by atoms with Crippen molar-refractivity contribution in [3.63, 3.8) is 0 Å². The fourth-order valence-electron chi connectivity index (χ4n) is 1.48. The quantitative estimate of drug-likeness (QED) is 0.720. The van der Waals surface area contributed by atoms with Crippen molar-refractivity contribution in [1.29, 1.82) is 0 Å². The molecule has 0 aromatic carbocycles. The molecule has 0 amide bonds. The average molecular weight is 231 g/mol. The maximum absolute atomic E-state index is 3.37. The van der Waals surface area contributed by atoms with Crippen LogP contribution >= 0.6 is 36.6 Å². The lowest BCUT2D eigenvalue weighted by atomic mass is 10.2. The van der Waals surface area contributed by atoms with Crippen LogP contribution in [0.1, 0.15) is 0 Å². The Labute approximate surface area is 90.7 Å². The van der Waals surface area contributed by atoms with Gasteiger partial charge in [-0.1, -0.05) is 0 Å². The molecular weight excluding hydrogens is 215 g/mol. The van der Waals surface area contributed by atoms with Crippen LogP contribution in [0.5, 0.6) is 0 Å². The fourth-order valence-corrected chi connectivity index (χ4v) is 2.35. The van der Waals surface area contributed by atoms with Crippen molar-refractivity contribution < 1.29 is 0 Å². The Morgan fingerprint density at radius 3 is 2.08 bits per heavy atom. The van der Waals surface area contributed by atoms with Crippen molar-refractivity contribution in [3.05, 3.63) is 0 Å². The summed E-state index contributed by atoms with van der Waals surface area (Å²) in [5, 5.41) is 3.37. The van der Waals surface area contributed by atoms with Gasteiger partial charge in [-0.15, -0.1) is 24.8 Å². The third-order valence-electron chi connectivity index (χ3n) is 2.29. The first-order chi connectivity index (χ1) is 4.97. The first-order valence-corrected chi connectivity index (χ1v) is 5.15. The number of halogens is 2. The minimum atomic E-state index is 0. The molecule has 2 aliphatic heterocycles. The van der Waals surface area contributed by atoms with E-state index in [0.29, 0.717) is 0 Å². The van der Waals surface area contributed by atoms with Crippen LogP contribution in [0.3, 0.4) is 0 Å². The topological polar surface area (TPSA) is 15.3 Å². The molecule has 2 rings (SSSR count). The van der Waals surface area contributed by atoms with E-state index in [1.54, 1.807) is 0 Å². The van der Waals surface area contributed by atoms with Gasteiger partial charge in [-0.2, -0.15) is 11.8 Å². The van der Waals surface area contributed by atoms with Crippen molar-refractivity contribution in [1.82, 2.24) is 10.2 Å². The van der Waals surface area contributed by atoms with Gasteiger partial charge >= 0.3 is 0 Å². The van der Waals surface area contributed by atoms with Gasteiger partial charge in [0.05, 0.1) is 0 Å². The molecule has 2 heterocycles. The van der Waals surface area contributed by atoms with Crippen LogP contribution in [-0.2, 0) is 0 Å². The molecule has 0 aromatic rings. The first-order valence-electron chi connectivity index (χ1n) is 3.99. The number of nitrogens with one attached hydrogen (secondary N) is 1. The van der Waals surface area contributed by atoms with Gasteiger partial charge in [0.15, 0.2) is 0 Å². The predicted molar refractivity (Wildman–Crippen MR) is 60.1 cm³/mol. The van der Waals surface area contributed by atoms with E-state index < -0.39 is 0 Å². The van der Waals surface area contributed by atoms with Crippen LogP contribution in [-0.4, -0.2) is 48.6 Å². The highest BCUT2D eigenvalue weighted by Crippen LogP contribution is 2.22. The molecule has 2 nitrogen and oxygen atoms in total. The molecule has 0 saturated carbocycles. The number of rotatable bonds is 1. The van der Waals surface area contributed by atoms with E-state index in [1.165, 1.54) is 37.7 Å². The van der Waals surface area contributed by atoms with Crippen LogP contribution in [0.2, 0.25) is 0 Å². The first kappa shape index (κ1) is 12.8. The Kier molecular flexibility index (Phi) is 6.77. The zero-order valence-corrected chi connectivity index (χ0v) is 9.44. The highest BCUT2D eigenvalue weighted by Gasteiger charge is 2.25. The number of nitrogens with zero attached hydrogens (tertiary/aromatic N) is 1. The second-order valence-electron chi connectivity index (χ2n) is 2.98. The van der Waals surface area contributed by atoms with E-state index in [1.807, 2.05) is 0 Å². The molecule has 0 spiro atoms. The maximum atomic E-state index is 3.37. The molecule has 5 heteroatoms. The standard InChI is InChI=1S/C7H14N2S.2ClH/c1-3-9(4-2-8-1)7-5-10-6-7;;/h7-8H,1-6H2;2*1H. The number of hydrogen-bond acceptors (Lipinski definition) is 3. The number of hydrogen-bond donors (Lipinski definition) is 1. The Morgan fingerprint density at radius 2 is 1.67 bits per heavy atom. The Hall–Kier alpha value is 0.850. The molecule has 0 unspecified atom stereocenters. The maximum Gasteiger partial charge on any atom is 0.0278 e. The normalized spacial score (nSPS) is 25.0. The summed E-state index contributed by atoms with van der Waals surface area (Å²) in [5.41, 5.74) is 0. The molecule has 0 atom stereocenters. The summed E-state index contributed by atoms with van der Waals surface area (Å²) in [6.45, 7) is 4.93. The van der Waals surface area contributed by atoms with Gasteiger partial charge in [0.2, 0.25) is 0 Å². The number of thioether (sulfide) groups is 1. The summed E-state index contributed by atoms with van der Waals surface area (Å²) in [4.78, 5) is 2.62. The molecule has 1 N–H and O–H groups in total. The van der Waals surface area contributed by atoms with E-state index in [0.717, 1.165) is 6.04 Å². The summed E-state index contributed by atoms with van der Waals surface area (Å²) in [6.07, 6.45) is 0. The number of piperazine rings is 1. The fraction of sp³-hybridized carbons (Fsp3) is 1.00. The Balaban J connectivity index is 0.000000605. The van der Waals surface area contributed by atoms with Crippen molar-refractivity contribution in [3.8, 4) is 0 Å². The smallest absolute Gasteiger partial charge is 0.0278 e. The summed E-state index contributed by atoms with van der Waals surface area (Å²) < 4.78 is 0. The largest absolute Gasteiger partial charge is 0.314 e. The van der Waals surface area contributed by atoms with Gasteiger partial charge in [-0.3, -0.25) is 4.90 Å². The lowest BCUT2D eigenvalue weighted by Gasteiger charge is -2.39. The molecule has 0 radical (unpaired) electrons. The molecule has 2 aliphatic rings. The van der Waals surface area contributed by atoms with E-state index in [2.05, 4.69) is 22.0 Å². The molecule has 2 saturated heterocycles. The summed E-state index contributed by atoms with van der Waals surface area (Å²) in [7, 11) is 0. The van der Waals surface area contributed by atoms with Crippen LogP contribution in [0.15, 0.2) is 0 Å². The second-order valence-corrected chi connectivity index (χ2v) is 4.05. The van der Waals surface area contributed by atoms with Crippen LogP contribution < -0.4 is 5.32 Å². The molecule has 2 fully saturated rings. The van der Waals surface area contributed by atoms with Gasteiger partial charge in [0.1, 0.15) is 0 Å². The molecular formula is C7H16Cl2N2S. The molecule has 0 aliphatic carbocycles.